The number of H-pyrrole nitrogens is 1. The molecule has 1 aromatic heterocycles. The van der Waals surface area contributed by atoms with E-state index in [1.807, 2.05) is 43.3 Å². The van der Waals surface area contributed by atoms with Crippen molar-refractivity contribution in [2.75, 3.05) is 0 Å². The number of aryl methyl sites for hydroxylation is 3. The van der Waals surface area contributed by atoms with Gasteiger partial charge in [0.25, 0.3) is 5.56 Å². The van der Waals surface area contributed by atoms with Gasteiger partial charge in [0.05, 0.1) is 6.54 Å². The first kappa shape index (κ1) is 21.4. The standard InChI is InChI=1S/C23H27N3O4/c1-16-7-9-18(10-8-16)15-26-21(27)20(24-25-26)6-4-5-17-11-13-19(14-12-17)30-23(2,3)22(28)29/h7-14,25H,4-6,15H2,1-3H3,(H,28,29). The van der Waals surface area contributed by atoms with Crippen molar-refractivity contribution >= 4 is 5.97 Å². The summed E-state index contributed by atoms with van der Waals surface area (Å²) in [6, 6.07) is 15.4. The second kappa shape index (κ2) is 8.98. The molecule has 158 valence electrons. The molecule has 0 unspecified atom stereocenters. The quantitative estimate of drug-likeness (QED) is 0.565. The molecule has 2 N–H and O–H groups in total. The predicted octanol–water partition coefficient (Wildman–Crippen LogP) is 3.35. The van der Waals surface area contributed by atoms with Gasteiger partial charge in [-0.15, -0.1) is 0 Å². The monoisotopic (exact) mass is 409 g/mol. The average Bonchev–Trinajstić information content (AvgIpc) is 3.04. The molecule has 30 heavy (non-hydrogen) atoms. The van der Waals surface area contributed by atoms with Crippen LogP contribution < -0.4 is 10.3 Å². The lowest BCUT2D eigenvalue weighted by Gasteiger charge is -2.21. The van der Waals surface area contributed by atoms with Crippen molar-refractivity contribution in [1.29, 1.82) is 0 Å². The van der Waals surface area contributed by atoms with E-state index in [4.69, 9.17) is 9.84 Å². The second-order valence-electron chi connectivity index (χ2n) is 7.95. The van der Waals surface area contributed by atoms with E-state index < -0.39 is 11.6 Å². The molecule has 7 nitrogen and oxygen atoms in total. The third kappa shape index (κ3) is 5.37. The van der Waals surface area contributed by atoms with Gasteiger partial charge in [-0.25, -0.2) is 14.7 Å². The summed E-state index contributed by atoms with van der Waals surface area (Å²) in [6.07, 6.45) is 2.15. The Labute approximate surface area is 175 Å². The Kier molecular flexibility index (Phi) is 6.40. The highest BCUT2D eigenvalue weighted by Gasteiger charge is 2.29. The van der Waals surface area contributed by atoms with Crippen LogP contribution in [0.3, 0.4) is 0 Å². The molecule has 7 heteroatoms. The van der Waals surface area contributed by atoms with Gasteiger partial charge >= 0.3 is 5.97 Å². The van der Waals surface area contributed by atoms with Crippen molar-refractivity contribution in [1.82, 2.24) is 15.0 Å². The topological polar surface area (TPSA) is 97.2 Å². The molecule has 0 saturated heterocycles. The molecule has 0 spiro atoms. The Balaban J connectivity index is 1.53. The van der Waals surface area contributed by atoms with Gasteiger partial charge in [-0.05, 0) is 63.3 Å². The van der Waals surface area contributed by atoms with Crippen molar-refractivity contribution in [2.24, 2.45) is 0 Å². The molecule has 3 rings (SSSR count). The largest absolute Gasteiger partial charge is 0.478 e. The molecule has 0 aliphatic carbocycles. The van der Waals surface area contributed by atoms with Crippen molar-refractivity contribution in [2.45, 2.75) is 52.2 Å². The highest BCUT2D eigenvalue weighted by Crippen LogP contribution is 2.20. The van der Waals surface area contributed by atoms with Gasteiger partial charge < -0.3 is 9.84 Å². The Morgan fingerprint density at radius 2 is 1.70 bits per heavy atom. The number of nitrogens with zero attached hydrogens (tertiary/aromatic N) is 2. The van der Waals surface area contributed by atoms with Crippen LogP contribution in [-0.2, 0) is 24.2 Å². The number of ether oxygens (including phenoxy) is 1. The third-order valence-electron chi connectivity index (χ3n) is 4.95. The van der Waals surface area contributed by atoms with Crippen LogP contribution in [0.4, 0.5) is 0 Å². The maximum absolute atomic E-state index is 12.5. The van der Waals surface area contributed by atoms with E-state index in [9.17, 15) is 9.59 Å². The molecule has 0 fully saturated rings. The van der Waals surface area contributed by atoms with Crippen molar-refractivity contribution in [3.63, 3.8) is 0 Å². The number of benzene rings is 2. The van der Waals surface area contributed by atoms with E-state index in [-0.39, 0.29) is 5.56 Å². The number of hydrogen-bond donors (Lipinski definition) is 2. The fraction of sp³-hybridized carbons (Fsp3) is 0.348. The fourth-order valence-electron chi connectivity index (χ4n) is 3.04. The number of carbonyl (C=O) groups is 1. The molecule has 0 aliphatic rings. The van der Waals surface area contributed by atoms with Gasteiger partial charge in [-0.2, -0.15) is 5.10 Å². The van der Waals surface area contributed by atoms with Gasteiger partial charge in [0.15, 0.2) is 5.60 Å². The number of carboxylic acids is 1. The molecule has 0 aliphatic heterocycles. The lowest BCUT2D eigenvalue weighted by atomic mass is 10.1. The number of aliphatic carboxylic acids is 1. The Morgan fingerprint density at radius 3 is 2.33 bits per heavy atom. The van der Waals surface area contributed by atoms with Gasteiger partial charge in [0.1, 0.15) is 11.4 Å². The van der Waals surface area contributed by atoms with Gasteiger partial charge in [-0.3, -0.25) is 4.79 Å². The molecular weight excluding hydrogens is 382 g/mol. The number of aromatic nitrogens is 3. The van der Waals surface area contributed by atoms with Crippen LogP contribution in [0, 0.1) is 6.92 Å². The van der Waals surface area contributed by atoms with E-state index in [1.165, 1.54) is 24.1 Å². The number of nitrogens with one attached hydrogen (secondary N) is 1. The number of hydrogen-bond acceptors (Lipinski definition) is 4. The average molecular weight is 409 g/mol. The van der Waals surface area contributed by atoms with Crippen molar-refractivity contribution in [3.05, 3.63) is 81.3 Å². The van der Waals surface area contributed by atoms with Gasteiger partial charge in [0.2, 0.25) is 0 Å². The summed E-state index contributed by atoms with van der Waals surface area (Å²) in [5.74, 6) is -0.504. The Bertz CT molecular complexity index is 1050. The minimum absolute atomic E-state index is 0.0878. The van der Waals surface area contributed by atoms with Crippen LogP contribution in [0.2, 0.25) is 0 Å². The van der Waals surface area contributed by atoms with Gasteiger partial charge in [-0.1, -0.05) is 42.0 Å². The molecule has 2 aromatic carbocycles. The minimum atomic E-state index is -1.28. The third-order valence-corrected chi connectivity index (χ3v) is 4.95. The van der Waals surface area contributed by atoms with E-state index >= 15 is 0 Å². The number of rotatable bonds is 9. The van der Waals surface area contributed by atoms with E-state index in [0.29, 0.717) is 24.4 Å². The van der Waals surface area contributed by atoms with E-state index in [1.54, 1.807) is 12.1 Å². The minimum Gasteiger partial charge on any atom is -0.478 e. The SMILES string of the molecule is Cc1ccc(Cn2[nH]nc(CCCc3ccc(OC(C)(C)C(=O)O)cc3)c2=O)cc1. The molecular formula is C23H27N3O4. The zero-order valence-electron chi connectivity index (χ0n) is 17.5. The molecule has 0 bridgehead atoms. The lowest BCUT2D eigenvalue weighted by molar-refractivity contribution is -0.152. The lowest BCUT2D eigenvalue weighted by Crippen LogP contribution is -2.37. The summed E-state index contributed by atoms with van der Waals surface area (Å²) in [5, 5.41) is 16.1. The zero-order chi connectivity index (χ0) is 21.7. The van der Waals surface area contributed by atoms with Gasteiger partial charge in [0, 0.05) is 0 Å². The first-order valence-electron chi connectivity index (χ1n) is 9.95. The summed E-state index contributed by atoms with van der Waals surface area (Å²) >= 11 is 0. The normalized spacial score (nSPS) is 11.4. The summed E-state index contributed by atoms with van der Waals surface area (Å²) in [5.41, 5.74) is 2.49. The van der Waals surface area contributed by atoms with Crippen molar-refractivity contribution in [3.8, 4) is 5.75 Å². The van der Waals surface area contributed by atoms with Crippen LogP contribution in [0.1, 0.15) is 42.7 Å². The Hall–Kier alpha value is -3.35. The maximum Gasteiger partial charge on any atom is 0.347 e. The zero-order valence-corrected chi connectivity index (χ0v) is 17.5. The molecule has 0 atom stereocenters. The first-order valence-corrected chi connectivity index (χ1v) is 9.95. The molecule has 1 heterocycles. The Morgan fingerprint density at radius 1 is 1.07 bits per heavy atom. The number of carboxylic acid groups (broad SMARTS) is 1. The first-order chi connectivity index (χ1) is 14.2. The van der Waals surface area contributed by atoms with E-state index in [0.717, 1.165) is 24.0 Å². The molecule has 3 aromatic rings. The second-order valence-corrected chi connectivity index (χ2v) is 7.95. The van der Waals surface area contributed by atoms with Crippen LogP contribution in [0.15, 0.2) is 53.3 Å². The summed E-state index contributed by atoms with van der Waals surface area (Å²) in [6.45, 7) is 5.53. The highest BCUT2D eigenvalue weighted by molar-refractivity contribution is 5.76. The molecule has 0 saturated carbocycles. The smallest absolute Gasteiger partial charge is 0.347 e. The van der Waals surface area contributed by atoms with Crippen LogP contribution in [0.25, 0.3) is 0 Å². The molecule has 0 radical (unpaired) electrons. The van der Waals surface area contributed by atoms with Crippen LogP contribution in [0.5, 0.6) is 5.75 Å². The predicted molar refractivity (Wildman–Crippen MR) is 114 cm³/mol. The molecule has 0 amide bonds. The van der Waals surface area contributed by atoms with Crippen LogP contribution >= 0.6 is 0 Å². The number of aromatic amines is 1. The van der Waals surface area contributed by atoms with Crippen molar-refractivity contribution < 1.29 is 14.6 Å². The highest BCUT2D eigenvalue weighted by atomic mass is 16.5. The summed E-state index contributed by atoms with van der Waals surface area (Å²) in [7, 11) is 0. The maximum atomic E-state index is 12.5. The summed E-state index contributed by atoms with van der Waals surface area (Å²) < 4.78 is 7.03. The van der Waals surface area contributed by atoms with E-state index in [2.05, 4.69) is 10.3 Å². The summed E-state index contributed by atoms with van der Waals surface area (Å²) in [4.78, 5) is 23.7. The van der Waals surface area contributed by atoms with Crippen LogP contribution in [-0.4, -0.2) is 31.7 Å². The fourth-order valence-corrected chi connectivity index (χ4v) is 3.04.